The summed E-state index contributed by atoms with van der Waals surface area (Å²) in [6.45, 7) is 1.14. The molecular formula is C16H18N2O6S. The number of carbonyl (C=O) groups excluding carboxylic acids is 2. The summed E-state index contributed by atoms with van der Waals surface area (Å²) in [5.74, 6) is -1.38. The van der Waals surface area contributed by atoms with Crippen LogP contribution in [-0.4, -0.2) is 45.3 Å². The van der Waals surface area contributed by atoms with Crippen molar-refractivity contribution in [3.63, 3.8) is 0 Å². The van der Waals surface area contributed by atoms with Gasteiger partial charge in [0.15, 0.2) is 6.61 Å². The van der Waals surface area contributed by atoms with Gasteiger partial charge in [-0.05, 0) is 36.8 Å². The zero-order chi connectivity index (χ0) is 18.6. The highest BCUT2D eigenvalue weighted by molar-refractivity contribution is 7.89. The van der Waals surface area contributed by atoms with E-state index in [9.17, 15) is 18.0 Å². The summed E-state index contributed by atoms with van der Waals surface area (Å²) in [6.07, 6.45) is 1.32. The van der Waals surface area contributed by atoms with Gasteiger partial charge in [0.25, 0.3) is 5.91 Å². The molecule has 0 radical (unpaired) electrons. The first-order chi connectivity index (χ1) is 11.7. The van der Waals surface area contributed by atoms with Crippen LogP contribution < -0.4 is 5.32 Å². The molecule has 1 aromatic carbocycles. The Labute approximate surface area is 145 Å². The number of ether oxygens (including phenoxy) is 1. The Hall–Kier alpha value is -2.65. The first kappa shape index (κ1) is 18.7. The van der Waals surface area contributed by atoms with Crippen LogP contribution in [0.15, 0.2) is 45.9 Å². The number of carbonyl (C=O) groups is 2. The predicted molar refractivity (Wildman–Crippen MR) is 89.7 cm³/mol. The number of anilines is 1. The predicted octanol–water partition coefficient (Wildman–Crippen LogP) is 1.63. The van der Waals surface area contributed by atoms with Gasteiger partial charge in [0.1, 0.15) is 0 Å². The fourth-order valence-electron chi connectivity index (χ4n) is 1.95. The van der Waals surface area contributed by atoms with Crippen molar-refractivity contribution in [2.75, 3.05) is 26.0 Å². The highest BCUT2D eigenvalue weighted by Crippen LogP contribution is 2.22. The summed E-state index contributed by atoms with van der Waals surface area (Å²) in [5.41, 5.74) is 0.834. The molecule has 25 heavy (non-hydrogen) atoms. The van der Waals surface area contributed by atoms with Crippen LogP contribution >= 0.6 is 0 Å². The van der Waals surface area contributed by atoms with Gasteiger partial charge in [-0.25, -0.2) is 17.5 Å². The molecule has 0 fully saturated rings. The summed E-state index contributed by atoms with van der Waals surface area (Å²) >= 11 is 0. The fourth-order valence-corrected chi connectivity index (χ4v) is 3.09. The summed E-state index contributed by atoms with van der Waals surface area (Å²) in [7, 11) is -0.787. The quantitative estimate of drug-likeness (QED) is 0.779. The van der Waals surface area contributed by atoms with E-state index in [1.54, 1.807) is 19.1 Å². The average molecular weight is 366 g/mol. The van der Waals surface area contributed by atoms with E-state index < -0.39 is 28.5 Å². The third-order valence-corrected chi connectivity index (χ3v) is 5.24. The number of nitrogens with zero attached hydrogens (tertiary/aromatic N) is 1. The van der Waals surface area contributed by atoms with E-state index in [-0.39, 0.29) is 16.3 Å². The van der Waals surface area contributed by atoms with E-state index >= 15 is 0 Å². The number of benzene rings is 1. The molecule has 8 nitrogen and oxygen atoms in total. The highest BCUT2D eigenvalue weighted by atomic mass is 32.2. The van der Waals surface area contributed by atoms with Crippen LogP contribution in [0, 0.1) is 6.92 Å². The molecule has 2 aromatic rings. The van der Waals surface area contributed by atoms with Gasteiger partial charge >= 0.3 is 5.97 Å². The van der Waals surface area contributed by atoms with Gasteiger partial charge in [0.2, 0.25) is 15.8 Å². The average Bonchev–Trinajstić information content (AvgIpc) is 3.08. The molecule has 1 heterocycles. The largest absolute Gasteiger partial charge is 0.457 e. The Bertz CT molecular complexity index is 872. The molecule has 0 aliphatic carbocycles. The minimum Gasteiger partial charge on any atom is -0.457 e. The lowest BCUT2D eigenvalue weighted by molar-refractivity contribution is -0.119. The van der Waals surface area contributed by atoms with E-state index in [1.165, 1.54) is 38.6 Å². The number of furan rings is 1. The number of sulfonamides is 1. The number of aryl methyl sites for hydroxylation is 1. The fraction of sp³-hybridized carbons (Fsp3) is 0.250. The molecule has 1 aromatic heterocycles. The highest BCUT2D eigenvalue weighted by Gasteiger charge is 2.20. The van der Waals surface area contributed by atoms with Crippen molar-refractivity contribution in [3.8, 4) is 0 Å². The van der Waals surface area contributed by atoms with Crippen molar-refractivity contribution in [2.24, 2.45) is 0 Å². The third kappa shape index (κ3) is 4.46. The van der Waals surface area contributed by atoms with E-state index in [2.05, 4.69) is 5.32 Å². The molecule has 9 heteroatoms. The van der Waals surface area contributed by atoms with Gasteiger partial charge in [-0.1, -0.05) is 6.07 Å². The van der Waals surface area contributed by atoms with E-state index in [4.69, 9.17) is 9.15 Å². The SMILES string of the molecule is Cc1ccc(NC(=O)COC(=O)c2ccco2)cc1S(=O)(=O)N(C)C. The standard InChI is InChI=1S/C16H18N2O6S/c1-11-6-7-12(9-14(11)25(21,22)18(2)3)17-15(19)10-24-16(20)13-5-4-8-23-13/h4-9H,10H2,1-3H3,(H,17,19). The second-order valence-corrected chi connectivity index (χ2v) is 7.49. The van der Waals surface area contributed by atoms with Crippen molar-refractivity contribution < 1.29 is 27.2 Å². The number of amides is 1. The molecule has 1 amide bonds. The minimum atomic E-state index is -3.64. The smallest absolute Gasteiger partial charge is 0.374 e. The zero-order valence-corrected chi connectivity index (χ0v) is 14.8. The molecule has 0 atom stereocenters. The lowest BCUT2D eigenvalue weighted by Crippen LogP contribution is -2.24. The minimum absolute atomic E-state index is 0.0116. The van der Waals surface area contributed by atoms with Gasteiger partial charge in [-0.3, -0.25) is 4.79 Å². The Morgan fingerprint density at radius 2 is 1.96 bits per heavy atom. The molecule has 0 aliphatic heterocycles. The molecule has 0 unspecified atom stereocenters. The maximum atomic E-state index is 12.3. The first-order valence-electron chi connectivity index (χ1n) is 7.25. The molecule has 0 bridgehead atoms. The Kier molecular flexibility index (Phi) is 5.60. The monoisotopic (exact) mass is 366 g/mol. The molecule has 2 rings (SSSR count). The summed E-state index contributed by atoms with van der Waals surface area (Å²) in [5, 5.41) is 2.49. The molecule has 1 N–H and O–H groups in total. The van der Waals surface area contributed by atoms with Gasteiger partial charge in [0.05, 0.1) is 11.2 Å². The van der Waals surface area contributed by atoms with Crippen molar-refractivity contribution in [1.29, 1.82) is 0 Å². The number of hydrogen-bond donors (Lipinski definition) is 1. The van der Waals surface area contributed by atoms with Gasteiger partial charge < -0.3 is 14.5 Å². The maximum Gasteiger partial charge on any atom is 0.374 e. The van der Waals surface area contributed by atoms with E-state index in [0.29, 0.717) is 5.56 Å². The van der Waals surface area contributed by atoms with Crippen LogP contribution in [0.3, 0.4) is 0 Å². The van der Waals surface area contributed by atoms with E-state index in [1.807, 2.05) is 0 Å². The first-order valence-corrected chi connectivity index (χ1v) is 8.69. The number of rotatable bonds is 6. The normalized spacial score (nSPS) is 11.4. The Morgan fingerprint density at radius 3 is 2.56 bits per heavy atom. The zero-order valence-electron chi connectivity index (χ0n) is 14.0. The van der Waals surface area contributed by atoms with Crippen LogP contribution in [0.5, 0.6) is 0 Å². The van der Waals surface area contributed by atoms with Crippen LogP contribution in [0.1, 0.15) is 16.1 Å². The van der Waals surface area contributed by atoms with Gasteiger partial charge in [0, 0.05) is 19.8 Å². The van der Waals surface area contributed by atoms with E-state index in [0.717, 1.165) is 4.31 Å². The van der Waals surface area contributed by atoms with Crippen LogP contribution in [-0.2, 0) is 19.6 Å². The topological polar surface area (TPSA) is 106 Å². The number of hydrogen-bond acceptors (Lipinski definition) is 6. The second-order valence-electron chi connectivity index (χ2n) is 5.37. The van der Waals surface area contributed by atoms with Crippen molar-refractivity contribution in [3.05, 3.63) is 47.9 Å². The molecular weight excluding hydrogens is 348 g/mol. The van der Waals surface area contributed by atoms with Crippen LogP contribution in [0.4, 0.5) is 5.69 Å². The molecule has 134 valence electrons. The van der Waals surface area contributed by atoms with Crippen LogP contribution in [0.2, 0.25) is 0 Å². The summed E-state index contributed by atoms with van der Waals surface area (Å²) < 4.78 is 35.3. The molecule has 0 spiro atoms. The molecule has 0 saturated carbocycles. The van der Waals surface area contributed by atoms with Crippen molar-refractivity contribution in [2.45, 2.75) is 11.8 Å². The summed E-state index contributed by atoms with van der Waals surface area (Å²) in [6, 6.07) is 7.45. The lowest BCUT2D eigenvalue weighted by atomic mass is 10.2. The summed E-state index contributed by atoms with van der Waals surface area (Å²) in [4.78, 5) is 23.6. The maximum absolute atomic E-state index is 12.3. The molecule has 0 saturated heterocycles. The Balaban J connectivity index is 2.05. The lowest BCUT2D eigenvalue weighted by Gasteiger charge is -2.15. The molecule has 0 aliphatic rings. The van der Waals surface area contributed by atoms with Crippen LogP contribution in [0.25, 0.3) is 0 Å². The number of esters is 1. The van der Waals surface area contributed by atoms with Crippen molar-refractivity contribution in [1.82, 2.24) is 4.31 Å². The number of nitrogens with one attached hydrogen (secondary N) is 1. The van der Waals surface area contributed by atoms with Gasteiger partial charge in [-0.2, -0.15) is 0 Å². The van der Waals surface area contributed by atoms with Crippen molar-refractivity contribution >= 4 is 27.6 Å². The third-order valence-electron chi connectivity index (χ3n) is 3.29. The Morgan fingerprint density at radius 1 is 1.24 bits per heavy atom. The second kappa shape index (κ2) is 7.49. The van der Waals surface area contributed by atoms with Gasteiger partial charge in [-0.15, -0.1) is 0 Å².